The van der Waals surface area contributed by atoms with E-state index in [0.717, 1.165) is 37.4 Å². The second-order valence-corrected chi connectivity index (χ2v) is 5.58. The Kier molecular flexibility index (Phi) is 5.21. The lowest BCUT2D eigenvalue weighted by atomic mass is 10.0. The van der Waals surface area contributed by atoms with E-state index in [1.165, 1.54) is 0 Å². The van der Waals surface area contributed by atoms with Crippen LogP contribution in [0.4, 0.5) is 4.79 Å². The zero-order valence-electron chi connectivity index (χ0n) is 12.9. The van der Waals surface area contributed by atoms with Crippen molar-refractivity contribution in [3.63, 3.8) is 0 Å². The zero-order chi connectivity index (χ0) is 15.9. The summed E-state index contributed by atoms with van der Waals surface area (Å²) in [5.41, 5.74) is 0.910. The molecule has 0 saturated carbocycles. The number of ether oxygens (including phenoxy) is 1. The van der Waals surface area contributed by atoms with Gasteiger partial charge in [0.2, 0.25) is 0 Å². The van der Waals surface area contributed by atoms with E-state index in [1.54, 1.807) is 17.1 Å². The van der Waals surface area contributed by atoms with Crippen LogP contribution >= 0.6 is 0 Å². The second kappa shape index (κ2) is 7.73. The number of pyridine rings is 1. The Labute approximate surface area is 135 Å². The van der Waals surface area contributed by atoms with Gasteiger partial charge in [0.25, 0.3) is 0 Å². The molecule has 7 heteroatoms. The van der Waals surface area contributed by atoms with E-state index in [4.69, 9.17) is 4.74 Å². The van der Waals surface area contributed by atoms with Gasteiger partial charge in [0.15, 0.2) is 5.82 Å². The van der Waals surface area contributed by atoms with Gasteiger partial charge in [-0.2, -0.15) is 5.10 Å². The van der Waals surface area contributed by atoms with Crippen molar-refractivity contribution in [1.82, 2.24) is 25.4 Å². The number of amides is 2. The van der Waals surface area contributed by atoms with Crippen LogP contribution in [-0.2, 0) is 11.3 Å². The van der Waals surface area contributed by atoms with E-state index in [-0.39, 0.29) is 6.03 Å². The lowest BCUT2D eigenvalue weighted by Gasteiger charge is -2.22. The van der Waals surface area contributed by atoms with Crippen LogP contribution in [0.1, 0.15) is 18.4 Å². The number of carbonyl (C=O) groups is 1. The van der Waals surface area contributed by atoms with Crippen molar-refractivity contribution in [3.05, 3.63) is 42.4 Å². The second-order valence-electron chi connectivity index (χ2n) is 5.58. The summed E-state index contributed by atoms with van der Waals surface area (Å²) in [4.78, 5) is 16.3. The molecule has 1 atom stereocenters. The summed E-state index contributed by atoms with van der Waals surface area (Å²) in [5, 5.41) is 9.96. The molecule has 3 rings (SSSR count). The Morgan fingerprint density at radius 3 is 3.09 bits per heavy atom. The predicted molar refractivity (Wildman–Crippen MR) is 85.1 cm³/mol. The maximum atomic E-state index is 12.0. The van der Waals surface area contributed by atoms with Crippen LogP contribution in [0, 0.1) is 5.92 Å². The average Bonchev–Trinajstić information content (AvgIpc) is 3.14. The maximum absolute atomic E-state index is 12.0. The largest absolute Gasteiger partial charge is 0.381 e. The number of carbonyl (C=O) groups excluding carboxylic acids is 1. The molecule has 2 aromatic rings. The van der Waals surface area contributed by atoms with Crippen molar-refractivity contribution in [1.29, 1.82) is 0 Å². The average molecular weight is 315 g/mol. The molecular weight excluding hydrogens is 294 g/mol. The Hall–Kier alpha value is -2.41. The molecule has 3 heterocycles. The van der Waals surface area contributed by atoms with E-state index in [0.29, 0.717) is 19.0 Å². The molecule has 7 nitrogen and oxygen atoms in total. The van der Waals surface area contributed by atoms with Gasteiger partial charge in [0, 0.05) is 43.9 Å². The normalized spacial score (nSPS) is 17.7. The molecule has 0 bridgehead atoms. The highest BCUT2D eigenvalue weighted by molar-refractivity contribution is 5.73. The van der Waals surface area contributed by atoms with Crippen molar-refractivity contribution in [3.8, 4) is 5.82 Å². The van der Waals surface area contributed by atoms with E-state index >= 15 is 0 Å². The van der Waals surface area contributed by atoms with Gasteiger partial charge in [-0.05, 0) is 30.9 Å². The van der Waals surface area contributed by atoms with Crippen molar-refractivity contribution in [2.45, 2.75) is 19.4 Å². The minimum atomic E-state index is -0.175. The minimum absolute atomic E-state index is 0.175. The number of aromatic nitrogens is 3. The first-order valence-corrected chi connectivity index (χ1v) is 7.86. The molecule has 2 amide bonds. The van der Waals surface area contributed by atoms with Crippen molar-refractivity contribution in [2.75, 3.05) is 19.8 Å². The van der Waals surface area contributed by atoms with Crippen molar-refractivity contribution >= 4 is 6.03 Å². The van der Waals surface area contributed by atoms with E-state index < -0.39 is 0 Å². The number of nitrogens with one attached hydrogen (secondary N) is 2. The molecule has 0 aromatic carbocycles. The quantitative estimate of drug-likeness (QED) is 0.876. The van der Waals surface area contributed by atoms with Crippen molar-refractivity contribution in [2.24, 2.45) is 5.92 Å². The molecular formula is C16H21N5O2. The molecule has 2 N–H and O–H groups in total. The highest BCUT2D eigenvalue weighted by Gasteiger charge is 2.15. The van der Waals surface area contributed by atoms with Gasteiger partial charge in [-0.3, -0.25) is 0 Å². The first-order valence-electron chi connectivity index (χ1n) is 7.86. The van der Waals surface area contributed by atoms with Crippen LogP contribution < -0.4 is 10.6 Å². The smallest absolute Gasteiger partial charge is 0.315 e. The van der Waals surface area contributed by atoms with Gasteiger partial charge in [0.05, 0.1) is 6.61 Å². The van der Waals surface area contributed by atoms with Gasteiger partial charge in [-0.15, -0.1) is 0 Å². The van der Waals surface area contributed by atoms with Crippen LogP contribution in [-0.4, -0.2) is 40.6 Å². The molecule has 1 aliphatic heterocycles. The predicted octanol–water partition coefficient (Wildman–Crippen LogP) is 1.49. The number of hydrogen-bond donors (Lipinski definition) is 2. The van der Waals surface area contributed by atoms with Crippen LogP contribution in [0.3, 0.4) is 0 Å². The molecule has 0 unspecified atom stereocenters. The zero-order valence-corrected chi connectivity index (χ0v) is 12.9. The van der Waals surface area contributed by atoms with Crippen molar-refractivity contribution < 1.29 is 9.53 Å². The maximum Gasteiger partial charge on any atom is 0.315 e. The fraction of sp³-hybridized carbons (Fsp3) is 0.438. The van der Waals surface area contributed by atoms with E-state index in [2.05, 4.69) is 20.7 Å². The molecule has 1 fully saturated rings. The minimum Gasteiger partial charge on any atom is -0.381 e. The summed E-state index contributed by atoms with van der Waals surface area (Å²) in [6.07, 6.45) is 7.41. The molecule has 0 spiro atoms. The van der Waals surface area contributed by atoms with Gasteiger partial charge < -0.3 is 15.4 Å². The standard InChI is InChI=1S/C16H21N5O2/c22-16(18-10-13-4-2-9-23-12-13)19-11-14-5-1-6-17-15(14)21-8-3-7-20-21/h1,3,5-8,13H,2,4,9-12H2,(H2,18,19,22)/t13-/m1/s1. The van der Waals surface area contributed by atoms with Gasteiger partial charge in [-0.1, -0.05) is 6.07 Å². The summed E-state index contributed by atoms with van der Waals surface area (Å²) in [5.74, 6) is 1.13. The molecule has 23 heavy (non-hydrogen) atoms. The summed E-state index contributed by atoms with van der Waals surface area (Å²) in [6, 6.07) is 5.44. The lowest BCUT2D eigenvalue weighted by molar-refractivity contribution is 0.0557. The molecule has 0 radical (unpaired) electrons. The highest BCUT2D eigenvalue weighted by Crippen LogP contribution is 2.12. The van der Waals surface area contributed by atoms with E-state index in [9.17, 15) is 4.79 Å². The molecule has 1 saturated heterocycles. The third kappa shape index (κ3) is 4.29. The molecule has 122 valence electrons. The molecule has 1 aliphatic rings. The number of urea groups is 1. The Morgan fingerprint density at radius 1 is 1.35 bits per heavy atom. The summed E-state index contributed by atoms with van der Waals surface area (Å²) >= 11 is 0. The van der Waals surface area contributed by atoms with E-state index in [1.807, 2.05) is 24.4 Å². The third-order valence-electron chi connectivity index (χ3n) is 3.83. The fourth-order valence-corrected chi connectivity index (χ4v) is 2.61. The molecule has 0 aliphatic carbocycles. The third-order valence-corrected chi connectivity index (χ3v) is 3.83. The van der Waals surface area contributed by atoms with Gasteiger partial charge >= 0.3 is 6.03 Å². The Bertz CT molecular complexity index is 623. The first kappa shape index (κ1) is 15.5. The highest BCUT2D eigenvalue weighted by atomic mass is 16.5. The van der Waals surface area contributed by atoms with Crippen LogP contribution in [0.25, 0.3) is 5.82 Å². The Morgan fingerprint density at radius 2 is 2.30 bits per heavy atom. The van der Waals surface area contributed by atoms with Crippen LogP contribution in [0.5, 0.6) is 0 Å². The Balaban J connectivity index is 1.51. The topological polar surface area (TPSA) is 81.1 Å². The number of rotatable bonds is 5. The summed E-state index contributed by atoms with van der Waals surface area (Å²) in [6.45, 7) is 2.60. The summed E-state index contributed by atoms with van der Waals surface area (Å²) in [7, 11) is 0. The molecule has 2 aromatic heterocycles. The van der Waals surface area contributed by atoms with Gasteiger partial charge in [-0.25, -0.2) is 14.5 Å². The first-order chi connectivity index (χ1) is 11.3. The number of nitrogens with zero attached hydrogens (tertiary/aromatic N) is 3. The lowest BCUT2D eigenvalue weighted by Crippen LogP contribution is -2.39. The monoisotopic (exact) mass is 315 g/mol. The van der Waals surface area contributed by atoms with Crippen LogP contribution in [0.2, 0.25) is 0 Å². The van der Waals surface area contributed by atoms with Crippen LogP contribution in [0.15, 0.2) is 36.8 Å². The fourth-order valence-electron chi connectivity index (χ4n) is 2.61. The summed E-state index contributed by atoms with van der Waals surface area (Å²) < 4.78 is 7.10. The van der Waals surface area contributed by atoms with Gasteiger partial charge in [0.1, 0.15) is 0 Å². The number of hydrogen-bond acceptors (Lipinski definition) is 4. The SMILES string of the molecule is O=C(NCc1cccnc1-n1cccn1)NC[C@H]1CCCOC1.